The average Bonchev–Trinajstić information content (AvgIpc) is 2.71. The van der Waals surface area contributed by atoms with Gasteiger partial charge in [0, 0.05) is 11.1 Å². The third-order valence-corrected chi connectivity index (χ3v) is 4.37. The van der Waals surface area contributed by atoms with E-state index in [4.69, 9.17) is 10.3 Å². The third-order valence-electron chi connectivity index (χ3n) is 4.37. The highest BCUT2D eigenvalue weighted by molar-refractivity contribution is 5.91. The number of fused-ring (bicyclic) bond motifs is 1. The summed E-state index contributed by atoms with van der Waals surface area (Å²) in [5.41, 5.74) is 10.8. The lowest BCUT2D eigenvalue weighted by Gasteiger charge is -2.12. The Morgan fingerprint density at radius 2 is 1.86 bits per heavy atom. The molecule has 0 unspecified atom stereocenters. The van der Waals surface area contributed by atoms with E-state index < -0.39 is 0 Å². The van der Waals surface area contributed by atoms with Crippen LogP contribution in [0.4, 0.5) is 11.5 Å². The van der Waals surface area contributed by atoms with Gasteiger partial charge < -0.3 is 10.1 Å². The minimum Gasteiger partial charge on any atom is -0.457 e. The number of para-hydroxylation sites is 1. The van der Waals surface area contributed by atoms with E-state index in [1.54, 1.807) is 6.33 Å². The number of benzene rings is 3. The first-order chi connectivity index (χ1) is 13.7. The van der Waals surface area contributed by atoms with Gasteiger partial charge >= 0.3 is 0 Å². The predicted molar refractivity (Wildman–Crippen MR) is 109 cm³/mol. The molecule has 0 atom stereocenters. The fraction of sp³-hybridized carbons (Fsp3) is 0.0909. The third kappa shape index (κ3) is 3.81. The highest BCUT2D eigenvalue weighted by atomic mass is 16.5. The molecule has 2 N–H and O–H groups in total. The molecular formula is C22H19N5O. The van der Waals surface area contributed by atoms with Gasteiger partial charge in [0.25, 0.3) is 0 Å². The molecule has 6 nitrogen and oxygen atoms in total. The van der Waals surface area contributed by atoms with Crippen LogP contribution in [0.5, 0.6) is 11.5 Å². The summed E-state index contributed by atoms with van der Waals surface area (Å²) in [7, 11) is 0. The van der Waals surface area contributed by atoms with Crippen LogP contribution in [-0.4, -0.2) is 9.97 Å². The van der Waals surface area contributed by atoms with E-state index in [2.05, 4.69) is 20.4 Å². The number of hydrogen-bond donors (Lipinski definition) is 2. The minimum atomic E-state index is 0.342. The summed E-state index contributed by atoms with van der Waals surface area (Å²) in [6.45, 7) is 2.35. The number of aromatic nitrogens is 2. The van der Waals surface area contributed by atoms with Gasteiger partial charge in [-0.25, -0.2) is 15.5 Å². The second-order valence-electron chi connectivity index (χ2n) is 6.41. The van der Waals surface area contributed by atoms with Crippen molar-refractivity contribution in [3.05, 3.63) is 84.2 Å². The standard InChI is InChI=1S/C22H19N5O/c1-15-11-17(8-10-21(15)28-18-5-3-2-4-6-18)27-22-19-12-16(13-26-23)7-9-20(19)24-14-25-22/h2-12,14,23H,13H2,1H3,(H,24,25,27). The molecule has 0 aliphatic carbocycles. The molecular weight excluding hydrogens is 350 g/mol. The quantitative estimate of drug-likeness (QED) is 0.408. The highest BCUT2D eigenvalue weighted by Crippen LogP contribution is 2.30. The van der Waals surface area contributed by atoms with Gasteiger partial charge in [-0.3, -0.25) is 0 Å². The zero-order valence-corrected chi connectivity index (χ0v) is 15.4. The summed E-state index contributed by atoms with van der Waals surface area (Å²) in [5, 5.41) is 7.72. The Kier molecular flexibility index (Phi) is 4.93. The van der Waals surface area contributed by atoms with Crippen molar-refractivity contribution < 1.29 is 4.74 Å². The lowest BCUT2D eigenvalue weighted by Crippen LogP contribution is -1.97. The number of aryl methyl sites for hydroxylation is 1. The molecule has 138 valence electrons. The molecule has 0 saturated carbocycles. The topological polar surface area (TPSA) is 83.3 Å². The molecule has 0 radical (unpaired) electrons. The van der Waals surface area contributed by atoms with Crippen molar-refractivity contribution in [1.29, 1.82) is 5.53 Å². The molecule has 0 fully saturated rings. The Balaban J connectivity index is 1.61. The lowest BCUT2D eigenvalue weighted by atomic mass is 10.1. The molecule has 0 aliphatic heterocycles. The van der Waals surface area contributed by atoms with E-state index >= 15 is 0 Å². The molecule has 0 bridgehead atoms. The van der Waals surface area contributed by atoms with Crippen LogP contribution < -0.4 is 10.1 Å². The van der Waals surface area contributed by atoms with Crippen LogP contribution >= 0.6 is 0 Å². The monoisotopic (exact) mass is 369 g/mol. The molecule has 6 heteroatoms. The van der Waals surface area contributed by atoms with Gasteiger partial charge in [-0.2, -0.15) is 5.11 Å². The van der Waals surface area contributed by atoms with Crippen LogP contribution in [0.3, 0.4) is 0 Å². The summed E-state index contributed by atoms with van der Waals surface area (Å²) in [5.74, 6) is 2.33. The average molecular weight is 369 g/mol. The molecule has 0 saturated heterocycles. The molecule has 3 aromatic carbocycles. The van der Waals surface area contributed by atoms with Gasteiger partial charge in [0.2, 0.25) is 0 Å². The molecule has 28 heavy (non-hydrogen) atoms. The van der Waals surface area contributed by atoms with Gasteiger partial charge in [0.05, 0.1) is 12.1 Å². The summed E-state index contributed by atoms with van der Waals surface area (Å²) < 4.78 is 5.95. The maximum Gasteiger partial charge on any atom is 0.141 e. The molecule has 1 heterocycles. The normalized spacial score (nSPS) is 10.6. The Hall–Kier alpha value is -3.80. The first-order valence-electron chi connectivity index (χ1n) is 8.90. The summed E-state index contributed by atoms with van der Waals surface area (Å²) in [4.78, 5) is 8.71. The van der Waals surface area contributed by atoms with Gasteiger partial charge in [-0.15, -0.1) is 0 Å². The van der Waals surface area contributed by atoms with Crippen molar-refractivity contribution in [2.75, 3.05) is 5.32 Å². The number of hydrogen-bond acceptors (Lipinski definition) is 6. The Labute approximate surface area is 162 Å². The van der Waals surface area contributed by atoms with Crippen LogP contribution in [0.2, 0.25) is 0 Å². The van der Waals surface area contributed by atoms with Gasteiger partial charge in [-0.1, -0.05) is 24.3 Å². The highest BCUT2D eigenvalue weighted by Gasteiger charge is 2.08. The first kappa shape index (κ1) is 17.6. The fourth-order valence-corrected chi connectivity index (χ4v) is 2.99. The maximum absolute atomic E-state index is 7.07. The smallest absolute Gasteiger partial charge is 0.141 e. The molecule has 0 spiro atoms. The van der Waals surface area contributed by atoms with Crippen LogP contribution in [0.1, 0.15) is 11.1 Å². The number of nitrogens with zero attached hydrogens (tertiary/aromatic N) is 3. The van der Waals surface area contributed by atoms with Crippen LogP contribution in [0.25, 0.3) is 10.9 Å². The summed E-state index contributed by atoms with van der Waals surface area (Å²) in [6, 6.07) is 21.5. The van der Waals surface area contributed by atoms with E-state index in [0.717, 1.165) is 39.2 Å². The Bertz CT molecular complexity index is 1130. The van der Waals surface area contributed by atoms with Crippen LogP contribution in [0.15, 0.2) is 78.2 Å². The number of nitrogens with one attached hydrogen (secondary N) is 2. The zero-order valence-electron chi connectivity index (χ0n) is 15.4. The number of ether oxygens (including phenoxy) is 1. The van der Waals surface area contributed by atoms with Crippen molar-refractivity contribution >= 4 is 22.4 Å². The second kappa shape index (κ2) is 7.84. The summed E-state index contributed by atoms with van der Waals surface area (Å²) in [6.07, 6.45) is 1.54. The molecule has 4 aromatic rings. The zero-order chi connectivity index (χ0) is 19.3. The van der Waals surface area contributed by atoms with Crippen molar-refractivity contribution in [3.63, 3.8) is 0 Å². The van der Waals surface area contributed by atoms with Gasteiger partial charge in [0.15, 0.2) is 0 Å². The van der Waals surface area contributed by atoms with Crippen LogP contribution in [-0.2, 0) is 6.54 Å². The van der Waals surface area contributed by atoms with Crippen molar-refractivity contribution in [1.82, 2.24) is 9.97 Å². The van der Waals surface area contributed by atoms with E-state index in [0.29, 0.717) is 12.4 Å². The maximum atomic E-state index is 7.07. The van der Waals surface area contributed by atoms with E-state index in [9.17, 15) is 0 Å². The molecule has 0 amide bonds. The predicted octanol–water partition coefficient (Wildman–Crippen LogP) is 6.01. The van der Waals surface area contributed by atoms with E-state index in [-0.39, 0.29) is 0 Å². The number of rotatable bonds is 6. The van der Waals surface area contributed by atoms with Crippen molar-refractivity contribution in [2.24, 2.45) is 5.11 Å². The second-order valence-corrected chi connectivity index (χ2v) is 6.41. The minimum absolute atomic E-state index is 0.342. The van der Waals surface area contributed by atoms with Crippen molar-refractivity contribution in [3.8, 4) is 11.5 Å². The lowest BCUT2D eigenvalue weighted by molar-refractivity contribution is 0.479. The van der Waals surface area contributed by atoms with E-state index in [1.807, 2.05) is 73.7 Å². The Morgan fingerprint density at radius 3 is 2.64 bits per heavy atom. The molecule has 4 rings (SSSR count). The SMILES string of the molecule is Cc1cc(Nc2ncnc3ccc(CN=N)cc23)ccc1Oc1ccccc1. The number of anilines is 2. The summed E-state index contributed by atoms with van der Waals surface area (Å²) >= 11 is 0. The van der Waals surface area contributed by atoms with Crippen LogP contribution in [0, 0.1) is 12.5 Å². The van der Waals surface area contributed by atoms with Crippen molar-refractivity contribution in [2.45, 2.75) is 13.5 Å². The van der Waals surface area contributed by atoms with E-state index in [1.165, 1.54) is 0 Å². The van der Waals surface area contributed by atoms with Gasteiger partial charge in [-0.05, 0) is 60.5 Å². The molecule has 0 aliphatic rings. The fourth-order valence-electron chi connectivity index (χ4n) is 2.99. The largest absolute Gasteiger partial charge is 0.457 e. The first-order valence-corrected chi connectivity index (χ1v) is 8.90. The Morgan fingerprint density at radius 1 is 1.00 bits per heavy atom. The molecule has 1 aromatic heterocycles. The van der Waals surface area contributed by atoms with Gasteiger partial charge in [0.1, 0.15) is 23.6 Å².